The summed E-state index contributed by atoms with van der Waals surface area (Å²) in [5, 5.41) is 11.6. The maximum absolute atomic E-state index is 11.2. The molecule has 0 amide bonds. The zero-order valence-electron chi connectivity index (χ0n) is 14.9. The van der Waals surface area contributed by atoms with Gasteiger partial charge in [-0.1, -0.05) is 31.6 Å². The molecule has 136 valence electrons. The lowest BCUT2D eigenvalue weighted by Crippen LogP contribution is -2.45. The number of carboxylic acids is 1. The number of rotatable bonds is 7. The van der Waals surface area contributed by atoms with E-state index in [1.54, 1.807) is 12.1 Å². The average Bonchev–Trinajstić information content (AvgIpc) is 3.15. The van der Waals surface area contributed by atoms with E-state index in [1.807, 2.05) is 30.1 Å². The number of aliphatic imine (C=N–C) groups is 1. The molecule has 3 unspecified atom stereocenters. The summed E-state index contributed by atoms with van der Waals surface area (Å²) in [5.41, 5.74) is 1.38. The van der Waals surface area contributed by atoms with Crippen molar-refractivity contribution in [3.8, 4) is 0 Å². The van der Waals surface area contributed by atoms with Crippen LogP contribution in [-0.2, 0) is 0 Å². The molecule has 0 saturated heterocycles. The molecule has 1 fully saturated rings. The second kappa shape index (κ2) is 6.95. The maximum Gasteiger partial charge on any atom is 0.335 e. The molecule has 3 atom stereocenters. The highest BCUT2D eigenvalue weighted by Crippen LogP contribution is 2.51. The van der Waals surface area contributed by atoms with Crippen molar-refractivity contribution >= 4 is 23.9 Å². The van der Waals surface area contributed by atoms with Crippen molar-refractivity contribution in [3.05, 3.63) is 59.2 Å². The van der Waals surface area contributed by atoms with E-state index >= 15 is 0 Å². The van der Waals surface area contributed by atoms with E-state index in [1.165, 1.54) is 18.4 Å². The fourth-order valence-corrected chi connectivity index (χ4v) is 5.31. The fourth-order valence-electron chi connectivity index (χ4n) is 4.12. The molecule has 1 aliphatic carbocycles. The summed E-state index contributed by atoms with van der Waals surface area (Å²) in [5.74, 6) is -0.245. The number of allylic oxidation sites excluding steroid dienone is 1. The van der Waals surface area contributed by atoms with E-state index in [0.29, 0.717) is 11.5 Å². The molecule has 4 nitrogen and oxygen atoms in total. The lowest BCUT2D eigenvalue weighted by atomic mass is 9.91. The van der Waals surface area contributed by atoms with Gasteiger partial charge in [0.15, 0.2) is 0 Å². The van der Waals surface area contributed by atoms with E-state index < -0.39 is 5.97 Å². The number of carbonyl (C=O) groups is 1. The topological polar surface area (TPSA) is 52.9 Å². The zero-order valence-corrected chi connectivity index (χ0v) is 15.7. The minimum atomic E-state index is -0.874. The first-order valence-corrected chi connectivity index (χ1v) is 10.2. The summed E-state index contributed by atoms with van der Waals surface area (Å²) in [4.78, 5) is 18.5. The van der Waals surface area contributed by atoms with Crippen LogP contribution in [0.3, 0.4) is 0 Å². The van der Waals surface area contributed by atoms with Crippen molar-refractivity contribution in [1.29, 1.82) is 0 Å². The summed E-state index contributed by atoms with van der Waals surface area (Å²) in [6, 6.07) is 7.71. The van der Waals surface area contributed by atoms with Crippen LogP contribution in [0.15, 0.2) is 53.0 Å². The van der Waals surface area contributed by atoms with Crippen LogP contribution in [0.25, 0.3) is 0 Å². The minimum absolute atomic E-state index is 0.170. The van der Waals surface area contributed by atoms with Crippen LogP contribution >= 0.6 is 11.8 Å². The molecular weight excluding hydrogens is 344 g/mol. The van der Waals surface area contributed by atoms with Crippen molar-refractivity contribution in [1.82, 2.24) is 4.90 Å². The fraction of sp³-hybridized carbons (Fsp3) is 0.429. The van der Waals surface area contributed by atoms with Gasteiger partial charge in [-0.3, -0.25) is 4.99 Å². The van der Waals surface area contributed by atoms with E-state index in [4.69, 9.17) is 4.99 Å². The van der Waals surface area contributed by atoms with Gasteiger partial charge in [-0.2, -0.15) is 0 Å². The van der Waals surface area contributed by atoms with Crippen LogP contribution in [0.2, 0.25) is 0 Å². The molecule has 0 spiro atoms. The van der Waals surface area contributed by atoms with Gasteiger partial charge in [0.05, 0.1) is 11.6 Å². The lowest BCUT2D eigenvalue weighted by Gasteiger charge is -2.41. The van der Waals surface area contributed by atoms with Gasteiger partial charge in [-0.25, -0.2) is 4.79 Å². The van der Waals surface area contributed by atoms with Crippen molar-refractivity contribution in [2.45, 2.75) is 49.6 Å². The van der Waals surface area contributed by atoms with Crippen molar-refractivity contribution in [2.75, 3.05) is 0 Å². The number of thioether (sulfide) groups is 1. The third-order valence-corrected chi connectivity index (χ3v) is 6.65. The van der Waals surface area contributed by atoms with Gasteiger partial charge in [0, 0.05) is 12.4 Å². The molecule has 2 aliphatic heterocycles. The summed E-state index contributed by atoms with van der Waals surface area (Å²) in [6.07, 6.45) is 13.0. The number of nitrogens with zero attached hydrogens (tertiary/aromatic N) is 2. The van der Waals surface area contributed by atoms with Gasteiger partial charge in [0.25, 0.3) is 0 Å². The molecule has 0 aromatic heterocycles. The number of aromatic carboxylic acids is 1. The molecule has 0 bridgehead atoms. The first-order valence-electron chi connectivity index (χ1n) is 9.30. The first kappa shape index (κ1) is 17.4. The average molecular weight is 369 g/mol. The summed E-state index contributed by atoms with van der Waals surface area (Å²) >= 11 is 1.85. The second-order valence-electron chi connectivity index (χ2n) is 7.31. The predicted molar refractivity (Wildman–Crippen MR) is 106 cm³/mol. The van der Waals surface area contributed by atoms with Crippen LogP contribution < -0.4 is 0 Å². The number of hydrogen-bond donors (Lipinski definition) is 1. The van der Waals surface area contributed by atoms with E-state index in [-0.39, 0.29) is 17.0 Å². The molecule has 1 aromatic rings. The third-order valence-electron chi connectivity index (χ3n) is 5.46. The first-order chi connectivity index (χ1) is 12.6. The van der Waals surface area contributed by atoms with Crippen molar-refractivity contribution in [2.24, 2.45) is 10.9 Å². The van der Waals surface area contributed by atoms with Gasteiger partial charge < -0.3 is 10.0 Å². The Labute approximate surface area is 158 Å². The standard InChI is InChI=1S/C21H24N2O2S/c1-2-10-21(11-3-12-22-21)20-23(13-14-26-20)18(15-4-5-15)16-6-8-17(9-7-16)19(24)25/h3,6-9,11-15,18,20H,2,4-5,10H2,1H3,(H,24,25). The Hall–Kier alpha value is -2.01. The molecule has 1 N–H and O–H groups in total. The monoisotopic (exact) mass is 368 g/mol. The quantitative estimate of drug-likeness (QED) is 0.747. The normalized spacial score (nSPS) is 28.0. The highest BCUT2D eigenvalue weighted by molar-refractivity contribution is 8.03. The largest absolute Gasteiger partial charge is 0.478 e. The number of benzene rings is 1. The Morgan fingerprint density at radius 3 is 2.73 bits per heavy atom. The molecule has 5 heteroatoms. The van der Waals surface area contributed by atoms with E-state index in [9.17, 15) is 9.90 Å². The van der Waals surface area contributed by atoms with Gasteiger partial charge in [-0.05, 0) is 54.4 Å². The molecular formula is C21H24N2O2S. The zero-order chi connectivity index (χ0) is 18.1. The molecule has 1 aromatic carbocycles. The minimum Gasteiger partial charge on any atom is -0.478 e. The maximum atomic E-state index is 11.2. The van der Waals surface area contributed by atoms with Crippen molar-refractivity contribution in [3.63, 3.8) is 0 Å². The Bertz CT molecular complexity index is 753. The van der Waals surface area contributed by atoms with Crippen LogP contribution in [0.5, 0.6) is 0 Å². The predicted octanol–water partition coefficient (Wildman–Crippen LogP) is 4.86. The molecule has 1 saturated carbocycles. The molecule has 3 aliphatic rings. The Morgan fingerprint density at radius 2 is 2.15 bits per heavy atom. The molecule has 2 heterocycles. The number of hydrogen-bond acceptors (Lipinski definition) is 4. The summed E-state index contributed by atoms with van der Waals surface area (Å²) < 4.78 is 0. The highest BCUT2D eigenvalue weighted by Gasteiger charge is 2.47. The van der Waals surface area contributed by atoms with Gasteiger partial charge in [0.1, 0.15) is 10.9 Å². The Balaban J connectivity index is 1.65. The molecule has 26 heavy (non-hydrogen) atoms. The second-order valence-corrected chi connectivity index (χ2v) is 8.30. The Morgan fingerprint density at radius 1 is 1.38 bits per heavy atom. The summed E-state index contributed by atoms with van der Waals surface area (Å²) in [7, 11) is 0. The molecule has 0 radical (unpaired) electrons. The SMILES string of the molecule is CCCC1(C2SC=CN2C(c2ccc(C(=O)O)cc2)C2CC2)C=CC=N1. The summed E-state index contributed by atoms with van der Waals surface area (Å²) in [6.45, 7) is 2.21. The van der Waals surface area contributed by atoms with Gasteiger partial charge in [0.2, 0.25) is 0 Å². The van der Waals surface area contributed by atoms with Crippen LogP contribution in [0, 0.1) is 5.92 Å². The highest BCUT2D eigenvalue weighted by atomic mass is 32.2. The van der Waals surface area contributed by atoms with E-state index in [0.717, 1.165) is 12.8 Å². The number of carboxylic acid groups (broad SMARTS) is 1. The van der Waals surface area contributed by atoms with E-state index in [2.05, 4.69) is 35.6 Å². The van der Waals surface area contributed by atoms with Gasteiger partial charge in [-0.15, -0.1) is 11.8 Å². The Kier molecular flexibility index (Phi) is 4.65. The van der Waals surface area contributed by atoms with Crippen molar-refractivity contribution < 1.29 is 9.90 Å². The van der Waals surface area contributed by atoms with Crippen LogP contribution in [0.1, 0.15) is 54.6 Å². The van der Waals surface area contributed by atoms with Crippen LogP contribution in [-0.4, -0.2) is 33.1 Å². The lowest BCUT2D eigenvalue weighted by molar-refractivity contribution is 0.0697. The molecule has 4 rings (SSSR count). The third kappa shape index (κ3) is 3.09. The van der Waals surface area contributed by atoms with Gasteiger partial charge >= 0.3 is 5.97 Å². The smallest absolute Gasteiger partial charge is 0.335 e. The van der Waals surface area contributed by atoms with Crippen LogP contribution in [0.4, 0.5) is 0 Å².